The molecular formula is C17H20N6O2S. The van der Waals surface area contributed by atoms with Crippen molar-refractivity contribution < 1.29 is 9.53 Å². The maximum absolute atomic E-state index is 12.8. The highest BCUT2D eigenvalue weighted by atomic mass is 32.1. The number of pyridine rings is 1. The van der Waals surface area contributed by atoms with Crippen LogP contribution in [0.4, 0.5) is 5.13 Å². The van der Waals surface area contributed by atoms with Crippen LogP contribution < -0.4 is 5.32 Å². The molecule has 1 atom stereocenters. The SMILES string of the molecule is CN(C)Cc1c(C(=O)Nc2nnc(C3CCCO3)s2)nc2ccccn12. The molecule has 1 N–H and O–H groups in total. The molecule has 1 unspecified atom stereocenters. The first-order chi connectivity index (χ1) is 12.6. The summed E-state index contributed by atoms with van der Waals surface area (Å²) in [5.74, 6) is -0.277. The number of amides is 1. The van der Waals surface area contributed by atoms with Crippen LogP contribution in [0, 0.1) is 0 Å². The number of imidazole rings is 1. The molecule has 136 valence electrons. The van der Waals surface area contributed by atoms with Gasteiger partial charge in [-0.05, 0) is 39.1 Å². The Balaban J connectivity index is 1.59. The molecule has 0 radical (unpaired) electrons. The number of hydrogen-bond donors (Lipinski definition) is 1. The Kier molecular flexibility index (Phi) is 4.66. The summed E-state index contributed by atoms with van der Waals surface area (Å²) < 4.78 is 7.56. The molecule has 1 aliphatic rings. The molecule has 3 aromatic heterocycles. The highest BCUT2D eigenvalue weighted by molar-refractivity contribution is 7.15. The van der Waals surface area contributed by atoms with Gasteiger partial charge in [0.1, 0.15) is 16.8 Å². The van der Waals surface area contributed by atoms with E-state index in [0.717, 1.165) is 35.8 Å². The molecule has 1 fully saturated rings. The first-order valence-electron chi connectivity index (χ1n) is 8.49. The zero-order chi connectivity index (χ0) is 18.1. The van der Waals surface area contributed by atoms with E-state index in [1.807, 2.05) is 47.8 Å². The van der Waals surface area contributed by atoms with Crippen molar-refractivity contribution in [3.05, 3.63) is 40.8 Å². The Bertz CT molecular complexity index is 928. The van der Waals surface area contributed by atoms with Crippen LogP contribution in [0.2, 0.25) is 0 Å². The van der Waals surface area contributed by atoms with E-state index < -0.39 is 0 Å². The van der Waals surface area contributed by atoms with E-state index in [9.17, 15) is 4.79 Å². The van der Waals surface area contributed by atoms with Crippen molar-refractivity contribution in [1.82, 2.24) is 24.5 Å². The first kappa shape index (κ1) is 17.1. The van der Waals surface area contributed by atoms with Gasteiger partial charge in [0, 0.05) is 19.3 Å². The molecule has 0 spiro atoms. The summed E-state index contributed by atoms with van der Waals surface area (Å²) in [6.07, 6.45) is 3.89. The third kappa shape index (κ3) is 3.33. The number of carbonyl (C=O) groups excluding carboxylic acids is 1. The molecule has 1 aliphatic heterocycles. The van der Waals surface area contributed by atoms with Gasteiger partial charge in [0.05, 0.1) is 5.69 Å². The second kappa shape index (κ2) is 7.10. The molecule has 1 saturated heterocycles. The minimum atomic E-state index is -0.277. The van der Waals surface area contributed by atoms with Gasteiger partial charge in [-0.2, -0.15) is 0 Å². The normalized spacial score (nSPS) is 17.3. The molecular weight excluding hydrogens is 352 g/mol. The molecule has 4 heterocycles. The molecule has 3 aromatic rings. The van der Waals surface area contributed by atoms with Crippen LogP contribution >= 0.6 is 11.3 Å². The summed E-state index contributed by atoms with van der Waals surface area (Å²) in [4.78, 5) is 19.3. The fourth-order valence-corrected chi connectivity index (χ4v) is 3.85. The number of rotatable bonds is 5. The highest BCUT2D eigenvalue weighted by Gasteiger charge is 2.24. The van der Waals surface area contributed by atoms with E-state index in [1.165, 1.54) is 11.3 Å². The lowest BCUT2D eigenvalue weighted by Crippen LogP contribution is -2.19. The van der Waals surface area contributed by atoms with E-state index in [0.29, 0.717) is 17.4 Å². The van der Waals surface area contributed by atoms with Crippen molar-refractivity contribution in [1.29, 1.82) is 0 Å². The van der Waals surface area contributed by atoms with E-state index >= 15 is 0 Å². The molecule has 0 aliphatic carbocycles. The Morgan fingerprint density at radius 1 is 1.42 bits per heavy atom. The predicted octanol–water partition coefficient (Wildman–Crippen LogP) is 2.35. The maximum Gasteiger partial charge on any atom is 0.278 e. The van der Waals surface area contributed by atoms with Gasteiger partial charge in [-0.1, -0.05) is 17.4 Å². The number of nitrogens with one attached hydrogen (secondary N) is 1. The smallest absolute Gasteiger partial charge is 0.278 e. The van der Waals surface area contributed by atoms with Crippen molar-refractivity contribution in [2.45, 2.75) is 25.5 Å². The number of fused-ring (bicyclic) bond motifs is 1. The van der Waals surface area contributed by atoms with Gasteiger partial charge < -0.3 is 14.0 Å². The van der Waals surface area contributed by atoms with Crippen LogP contribution in [0.25, 0.3) is 5.65 Å². The summed E-state index contributed by atoms with van der Waals surface area (Å²) in [6.45, 7) is 1.35. The highest BCUT2D eigenvalue weighted by Crippen LogP contribution is 2.32. The van der Waals surface area contributed by atoms with Crippen LogP contribution in [-0.2, 0) is 11.3 Å². The number of aromatic nitrogens is 4. The van der Waals surface area contributed by atoms with Gasteiger partial charge in [-0.15, -0.1) is 10.2 Å². The van der Waals surface area contributed by atoms with Crippen LogP contribution in [0.3, 0.4) is 0 Å². The van der Waals surface area contributed by atoms with Crippen LogP contribution in [0.15, 0.2) is 24.4 Å². The number of carbonyl (C=O) groups is 1. The average Bonchev–Trinajstić information content (AvgIpc) is 3.34. The van der Waals surface area contributed by atoms with Gasteiger partial charge in [0.25, 0.3) is 5.91 Å². The lowest BCUT2D eigenvalue weighted by atomic mass is 10.2. The fourth-order valence-electron chi connectivity index (χ4n) is 3.02. The van der Waals surface area contributed by atoms with Gasteiger partial charge in [-0.25, -0.2) is 4.98 Å². The number of nitrogens with zero attached hydrogens (tertiary/aromatic N) is 5. The maximum atomic E-state index is 12.8. The quantitative estimate of drug-likeness (QED) is 0.740. The van der Waals surface area contributed by atoms with E-state index in [4.69, 9.17) is 4.74 Å². The monoisotopic (exact) mass is 372 g/mol. The van der Waals surface area contributed by atoms with Crippen molar-refractivity contribution in [2.75, 3.05) is 26.0 Å². The topological polar surface area (TPSA) is 84.7 Å². The molecule has 1 amide bonds. The summed E-state index contributed by atoms with van der Waals surface area (Å²) in [6, 6.07) is 5.71. The lowest BCUT2D eigenvalue weighted by molar-refractivity contribution is 0.102. The van der Waals surface area contributed by atoms with Crippen LogP contribution in [0.5, 0.6) is 0 Å². The first-order valence-corrected chi connectivity index (χ1v) is 9.30. The van der Waals surface area contributed by atoms with Crippen LogP contribution in [-0.4, -0.2) is 51.1 Å². The van der Waals surface area contributed by atoms with Gasteiger partial charge in [0.2, 0.25) is 5.13 Å². The Morgan fingerprint density at radius 2 is 2.31 bits per heavy atom. The number of ether oxygens (including phenoxy) is 1. The predicted molar refractivity (Wildman–Crippen MR) is 98.4 cm³/mol. The summed E-state index contributed by atoms with van der Waals surface area (Å²) >= 11 is 1.36. The summed E-state index contributed by atoms with van der Waals surface area (Å²) in [5, 5.41) is 12.3. The summed E-state index contributed by atoms with van der Waals surface area (Å²) in [5.41, 5.74) is 1.98. The van der Waals surface area contributed by atoms with E-state index in [2.05, 4.69) is 20.5 Å². The lowest BCUT2D eigenvalue weighted by Gasteiger charge is -2.10. The minimum Gasteiger partial charge on any atom is -0.371 e. The Morgan fingerprint density at radius 3 is 3.08 bits per heavy atom. The van der Waals surface area contributed by atoms with Crippen molar-refractivity contribution in [2.24, 2.45) is 0 Å². The standard InChI is InChI=1S/C17H20N6O2S/c1-22(2)10-11-14(18-13-7-3-4-8-23(11)13)15(24)19-17-21-20-16(26-17)12-6-5-9-25-12/h3-4,7-8,12H,5-6,9-10H2,1-2H3,(H,19,21,24). The second-order valence-corrected chi connectivity index (χ2v) is 7.48. The van der Waals surface area contributed by atoms with Crippen molar-refractivity contribution >= 4 is 28.0 Å². The third-order valence-electron chi connectivity index (χ3n) is 4.18. The van der Waals surface area contributed by atoms with Gasteiger partial charge in [0.15, 0.2) is 5.69 Å². The zero-order valence-electron chi connectivity index (χ0n) is 14.7. The molecule has 4 rings (SSSR count). The number of hydrogen-bond acceptors (Lipinski definition) is 7. The molecule has 26 heavy (non-hydrogen) atoms. The van der Waals surface area contributed by atoms with Crippen molar-refractivity contribution in [3.63, 3.8) is 0 Å². The van der Waals surface area contributed by atoms with Crippen LogP contribution in [0.1, 0.15) is 40.1 Å². The molecule has 0 bridgehead atoms. The molecule has 8 nitrogen and oxygen atoms in total. The van der Waals surface area contributed by atoms with E-state index in [1.54, 1.807) is 0 Å². The minimum absolute atomic E-state index is 0.00218. The molecule has 9 heteroatoms. The molecule has 0 aromatic carbocycles. The van der Waals surface area contributed by atoms with Gasteiger partial charge in [-0.3, -0.25) is 10.1 Å². The molecule has 0 saturated carbocycles. The van der Waals surface area contributed by atoms with Crippen molar-refractivity contribution in [3.8, 4) is 0 Å². The summed E-state index contributed by atoms with van der Waals surface area (Å²) in [7, 11) is 3.92. The number of anilines is 1. The Labute approximate surface area is 154 Å². The largest absolute Gasteiger partial charge is 0.371 e. The average molecular weight is 372 g/mol. The Hall–Kier alpha value is -2.36. The van der Waals surface area contributed by atoms with E-state index in [-0.39, 0.29) is 12.0 Å². The fraction of sp³-hybridized carbons (Fsp3) is 0.412. The zero-order valence-corrected chi connectivity index (χ0v) is 15.5. The van der Waals surface area contributed by atoms with Gasteiger partial charge >= 0.3 is 0 Å². The third-order valence-corrected chi connectivity index (χ3v) is 5.11. The second-order valence-electron chi connectivity index (χ2n) is 6.47.